The van der Waals surface area contributed by atoms with Crippen LogP contribution in [0, 0.1) is 11.8 Å². The van der Waals surface area contributed by atoms with Crippen LogP contribution < -0.4 is 5.73 Å². The normalized spacial score (nSPS) is 12.6. The van der Waals surface area contributed by atoms with Crippen molar-refractivity contribution < 1.29 is 14.3 Å². The zero-order valence-corrected chi connectivity index (χ0v) is 9.08. The lowest BCUT2D eigenvalue weighted by atomic mass is 9.91. The van der Waals surface area contributed by atoms with Gasteiger partial charge in [0.1, 0.15) is 0 Å². The van der Waals surface area contributed by atoms with E-state index in [0.29, 0.717) is 5.92 Å². The van der Waals surface area contributed by atoms with Gasteiger partial charge in [-0.1, -0.05) is 13.8 Å². The fourth-order valence-electron chi connectivity index (χ4n) is 1.51. The summed E-state index contributed by atoms with van der Waals surface area (Å²) in [7, 11) is 1.35. The van der Waals surface area contributed by atoms with Gasteiger partial charge in [-0.05, 0) is 18.3 Å². The summed E-state index contributed by atoms with van der Waals surface area (Å²) >= 11 is 0. The molecule has 0 fully saturated rings. The third-order valence-electron chi connectivity index (χ3n) is 1.98. The van der Waals surface area contributed by atoms with Crippen LogP contribution in [0.25, 0.3) is 0 Å². The molecule has 0 rings (SSSR count). The van der Waals surface area contributed by atoms with Crippen LogP contribution in [-0.4, -0.2) is 19.0 Å². The number of ether oxygens (including phenoxy) is 1. The third kappa shape index (κ3) is 6.46. The number of methoxy groups -OCH3 is 1. The minimum absolute atomic E-state index is 0.0138. The fraction of sp³-hybridized carbons (Fsp3) is 0.800. The molecule has 0 aliphatic carbocycles. The van der Waals surface area contributed by atoms with Crippen molar-refractivity contribution in [3.8, 4) is 0 Å². The molecule has 0 aromatic heterocycles. The first kappa shape index (κ1) is 12.9. The smallest absolute Gasteiger partial charge is 0.305 e. The number of hydrogen-bond donors (Lipinski definition) is 1. The second-order valence-corrected chi connectivity index (χ2v) is 3.95. The summed E-state index contributed by atoms with van der Waals surface area (Å²) in [5.74, 6) is -0.180. The van der Waals surface area contributed by atoms with Crippen LogP contribution in [0.1, 0.15) is 33.1 Å². The zero-order valence-electron chi connectivity index (χ0n) is 9.08. The van der Waals surface area contributed by atoms with E-state index in [-0.39, 0.29) is 30.6 Å². The molecule has 0 bridgehead atoms. The molecule has 1 atom stereocenters. The molecule has 0 aromatic carbocycles. The third-order valence-corrected chi connectivity index (χ3v) is 1.98. The van der Waals surface area contributed by atoms with Crippen molar-refractivity contribution in [2.45, 2.75) is 33.1 Å². The van der Waals surface area contributed by atoms with Gasteiger partial charge in [0.05, 0.1) is 7.11 Å². The first-order valence-corrected chi connectivity index (χ1v) is 4.80. The van der Waals surface area contributed by atoms with Crippen LogP contribution in [0.5, 0.6) is 0 Å². The molecule has 4 nitrogen and oxygen atoms in total. The Hall–Kier alpha value is -1.06. The monoisotopic (exact) mass is 201 g/mol. The first-order chi connectivity index (χ1) is 6.45. The Morgan fingerprint density at radius 3 is 2.21 bits per heavy atom. The highest BCUT2D eigenvalue weighted by Gasteiger charge is 2.17. The maximum Gasteiger partial charge on any atom is 0.305 e. The Morgan fingerprint density at radius 1 is 1.29 bits per heavy atom. The van der Waals surface area contributed by atoms with Crippen LogP contribution in [0.4, 0.5) is 0 Å². The van der Waals surface area contributed by atoms with Crippen LogP contribution in [0.15, 0.2) is 0 Å². The largest absolute Gasteiger partial charge is 0.469 e. The highest BCUT2D eigenvalue weighted by molar-refractivity contribution is 5.75. The van der Waals surface area contributed by atoms with Crippen LogP contribution >= 0.6 is 0 Å². The summed E-state index contributed by atoms with van der Waals surface area (Å²) in [6.45, 7) is 4.09. The summed E-state index contributed by atoms with van der Waals surface area (Å²) < 4.78 is 4.55. The molecule has 0 aliphatic rings. The first-order valence-electron chi connectivity index (χ1n) is 4.80. The molecular formula is C10H19NO3. The molecule has 0 aromatic rings. The van der Waals surface area contributed by atoms with Gasteiger partial charge in [-0.3, -0.25) is 9.59 Å². The highest BCUT2D eigenvalue weighted by Crippen LogP contribution is 2.19. The average Bonchev–Trinajstić information content (AvgIpc) is 2.01. The molecule has 0 spiro atoms. The summed E-state index contributed by atoms with van der Waals surface area (Å²) in [6.07, 6.45) is 1.35. The number of hydrogen-bond acceptors (Lipinski definition) is 3. The van der Waals surface area contributed by atoms with Gasteiger partial charge in [0.15, 0.2) is 0 Å². The molecule has 0 saturated heterocycles. The van der Waals surface area contributed by atoms with E-state index < -0.39 is 0 Å². The molecule has 14 heavy (non-hydrogen) atoms. The summed E-state index contributed by atoms with van der Waals surface area (Å²) in [4.78, 5) is 21.7. The Labute approximate surface area is 84.8 Å². The minimum atomic E-state index is -0.362. The van der Waals surface area contributed by atoms with Crippen LogP contribution in [0.3, 0.4) is 0 Å². The average molecular weight is 201 g/mol. The van der Waals surface area contributed by atoms with E-state index in [1.54, 1.807) is 0 Å². The minimum Gasteiger partial charge on any atom is -0.469 e. The van der Waals surface area contributed by atoms with Gasteiger partial charge in [0.25, 0.3) is 0 Å². The van der Waals surface area contributed by atoms with E-state index >= 15 is 0 Å². The molecule has 0 heterocycles. The van der Waals surface area contributed by atoms with Gasteiger partial charge in [-0.15, -0.1) is 0 Å². The summed E-state index contributed by atoms with van der Waals surface area (Å²) in [5.41, 5.74) is 5.10. The highest BCUT2D eigenvalue weighted by atomic mass is 16.5. The van der Waals surface area contributed by atoms with Crippen molar-refractivity contribution in [3.63, 3.8) is 0 Å². The van der Waals surface area contributed by atoms with E-state index in [1.807, 2.05) is 13.8 Å². The summed E-state index contributed by atoms with van der Waals surface area (Å²) in [6, 6.07) is 0. The molecule has 0 radical (unpaired) electrons. The van der Waals surface area contributed by atoms with Crippen LogP contribution in [-0.2, 0) is 14.3 Å². The number of carbonyl (C=O) groups is 2. The van der Waals surface area contributed by atoms with E-state index in [4.69, 9.17) is 5.73 Å². The van der Waals surface area contributed by atoms with E-state index in [0.717, 1.165) is 6.42 Å². The maximum atomic E-state index is 11.0. The quantitative estimate of drug-likeness (QED) is 0.654. The van der Waals surface area contributed by atoms with Gasteiger partial charge in [0.2, 0.25) is 5.91 Å². The van der Waals surface area contributed by atoms with Crippen molar-refractivity contribution in [2.24, 2.45) is 17.6 Å². The fourth-order valence-corrected chi connectivity index (χ4v) is 1.51. The lowest BCUT2D eigenvalue weighted by Crippen LogP contribution is -2.20. The maximum absolute atomic E-state index is 11.0. The Kier molecular flexibility index (Phi) is 5.92. The van der Waals surface area contributed by atoms with Gasteiger partial charge < -0.3 is 10.5 Å². The van der Waals surface area contributed by atoms with Crippen LogP contribution in [0.2, 0.25) is 0 Å². The molecular weight excluding hydrogens is 182 g/mol. The predicted octanol–water partition coefficient (Wildman–Crippen LogP) is 1.09. The topological polar surface area (TPSA) is 69.4 Å². The van der Waals surface area contributed by atoms with Crippen molar-refractivity contribution >= 4 is 11.9 Å². The number of amides is 1. The van der Waals surface area contributed by atoms with Crippen molar-refractivity contribution in [2.75, 3.05) is 7.11 Å². The number of nitrogens with two attached hydrogens (primary N) is 1. The second-order valence-electron chi connectivity index (χ2n) is 3.95. The SMILES string of the molecule is COC(=O)C[C@H](CC(N)=O)CC(C)C. The standard InChI is InChI=1S/C10H19NO3/c1-7(2)4-8(5-9(11)12)6-10(13)14-3/h7-8H,4-6H2,1-3H3,(H2,11,12)/t8-/m0/s1. The Balaban J connectivity index is 4.09. The number of esters is 1. The van der Waals surface area contributed by atoms with Gasteiger partial charge in [-0.2, -0.15) is 0 Å². The van der Waals surface area contributed by atoms with Crippen molar-refractivity contribution in [1.82, 2.24) is 0 Å². The molecule has 82 valence electrons. The Bertz CT molecular complexity index is 202. The van der Waals surface area contributed by atoms with Gasteiger partial charge in [-0.25, -0.2) is 0 Å². The molecule has 4 heteroatoms. The molecule has 2 N–H and O–H groups in total. The summed E-state index contributed by atoms with van der Waals surface area (Å²) in [5, 5.41) is 0. The molecule has 0 saturated carbocycles. The molecule has 0 aliphatic heterocycles. The zero-order chi connectivity index (χ0) is 11.1. The van der Waals surface area contributed by atoms with E-state index in [2.05, 4.69) is 4.74 Å². The Morgan fingerprint density at radius 2 is 1.86 bits per heavy atom. The van der Waals surface area contributed by atoms with E-state index in [1.165, 1.54) is 7.11 Å². The van der Waals surface area contributed by atoms with Gasteiger partial charge >= 0.3 is 5.97 Å². The predicted molar refractivity (Wildman–Crippen MR) is 53.4 cm³/mol. The van der Waals surface area contributed by atoms with Gasteiger partial charge in [0, 0.05) is 12.8 Å². The van der Waals surface area contributed by atoms with E-state index in [9.17, 15) is 9.59 Å². The number of carbonyl (C=O) groups excluding carboxylic acids is 2. The number of rotatable bonds is 6. The van der Waals surface area contributed by atoms with Crippen molar-refractivity contribution in [1.29, 1.82) is 0 Å². The number of primary amides is 1. The molecule has 0 unspecified atom stereocenters. The molecule has 1 amide bonds. The lowest BCUT2D eigenvalue weighted by molar-refractivity contribution is -0.142. The second kappa shape index (κ2) is 6.40. The van der Waals surface area contributed by atoms with Crippen molar-refractivity contribution in [3.05, 3.63) is 0 Å². The lowest BCUT2D eigenvalue weighted by Gasteiger charge is -2.15.